The molecule has 0 saturated heterocycles. The number of nitrogens with zero attached hydrogens (tertiary/aromatic N) is 1. The zero-order valence-corrected chi connectivity index (χ0v) is 13.4. The number of hydrogen-bond donors (Lipinski definition) is 1. The van der Waals surface area contributed by atoms with Gasteiger partial charge in [-0.15, -0.1) is 0 Å². The average Bonchev–Trinajstić information content (AvgIpc) is 2.59. The first-order valence-electron chi connectivity index (χ1n) is 7.31. The monoisotopic (exact) mass is 330 g/mol. The Labute approximate surface area is 139 Å². The molecule has 0 heterocycles. The Morgan fingerprint density at radius 2 is 1.92 bits per heavy atom. The number of methoxy groups -OCH3 is 1. The van der Waals surface area contributed by atoms with Crippen molar-refractivity contribution in [3.63, 3.8) is 0 Å². The fraction of sp³-hybridized carbons (Fsp3) is 0.235. The quantitative estimate of drug-likeness (QED) is 0.363. The van der Waals surface area contributed by atoms with Gasteiger partial charge in [0.25, 0.3) is 5.69 Å². The SMILES string of the molecule is COC(=O)c1cc([N+](=O)[O-])ccc1NCCOc1ccc(C)cc1. The Morgan fingerprint density at radius 1 is 1.21 bits per heavy atom. The minimum absolute atomic E-state index is 0.113. The van der Waals surface area contributed by atoms with E-state index in [-0.39, 0.29) is 11.3 Å². The van der Waals surface area contributed by atoms with Gasteiger partial charge in [0.2, 0.25) is 0 Å². The maximum absolute atomic E-state index is 11.8. The number of nitro groups is 1. The highest BCUT2D eigenvalue weighted by Crippen LogP contribution is 2.23. The van der Waals surface area contributed by atoms with Gasteiger partial charge in [-0.1, -0.05) is 17.7 Å². The number of ether oxygens (including phenoxy) is 2. The molecule has 0 unspecified atom stereocenters. The lowest BCUT2D eigenvalue weighted by Crippen LogP contribution is -2.14. The van der Waals surface area contributed by atoms with E-state index in [9.17, 15) is 14.9 Å². The molecule has 0 aliphatic carbocycles. The molecule has 24 heavy (non-hydrogen) atoms. The van der Waals surface area contributed by atoms with Crippen LogP contribution in [-0.2, 0) is 4.74 Å². The van der Waals surface area contributed by atoms with Gasteiger partial charge in [-0.3, -0.25) is 10.1 Å². The summed E-state index contributed by atoms with van der Waals surface area (Å²) in [6.45, 7) is 2.80. The molecule has 7 nitrogen and oxygen atoms in total. The van der Waals surface area contributed by atoms with Crippen molar-refractivity contribution < 1.29 is 19.2 Å². The van der Waals surface area contributed by atoms with Crippen LogP contribution in [0, 0.1) is 17.0 Å². The molecule has 0 atom stereocenters. The van der Waals surface area contributed by atoms with E-state index in [1.165, 1.54) is 25.3 Å². The van der Waals surface area contributed by atoms with Gasteiger partial charge in [-0.25, -0.2) is 4.79 Å². The topological polar surface area (TPSA) is 90.7 Å². The lowest BCUT2D eigenvalue weighted by atomic mass is 10.1. The normalized spacial score (nSPS) is 10.1. The van der Waals surface area contributed by atoms with E-state index in [2.05, 4.69) is 10.1 Å². The van der Waals surface area contributed by atoms with Gasteiger partial charge in [0.05, 0.1) is 17.6 Å². The Kier molecular flexibility index (Phi) is 5.73. The highest BCUT2D eigenvalue weighted by molar-refractivity contribution is 5.96. The van der Waals surface area contributed by atoms with Crippen molar-refractivity contribution in [3.8, 4) is 5.75 Å². The number of nitro benzene ring substituents is 1. The van der Waals surface area contributed by atoms with Crippen LogP contribution in [0.3, 0.4) is 0 Å². The van der Waals surface area contributed by atoms with Crippen molar-refractivity contribution in [2.45, 2.75) is 6.92 Å². The molecule has 7 heteroatoms. The van der Waals surface area contributed by atoms with Crippen molar-refractivity contribution in [3.05, 3.63) is 63.7 Å². The van der Waals surface area contributed by atoms with Crippen molar-refractivity contribution in [1.29, 1.82) is 0 Å². The van der Waals surface area contributed by atoms with Gasteiger partial charge in [-0.2, -0.15) is 0 Å². The molecule has 2 aromatic carbocycles. The number of non-ortho nitro benzene ring substituents is 1. The molecule has 0 amide bonds. The molecule has 0 aliphatic heterocycles. The van der Waals surface area contributed by atoms with Crippen LogP contribution in [0.4, 0.5) is 11.4 Å². The molecule has 0 saturated carbocycles. The number of nitrogens with one attached hydrogen (secondary N) is 1. The second kappa shape index (κ2) is 7.96. The first-order valence-corrected chi connectivity index (χ1v) is 7.31. The first-order chi connectivity index (χ1) is 11.5. The van der Waals surface area contributed by atoms with Crippen molar-refractivity contribution in [2.24, 2.45) is 0 Å². The van der Waals surface area contributed by atoms with Gasteiger partial charge < -0.3 is 14.8 Å². The molecule has 0 aromatic heterocycles. The van der Waals surface area contributed by atoms with Gasteiger partial charge in [0.15, 0.2) is 0 Å². The number of carbonyl (C=O) groups excluding carboxylic acids is 1. The summed E-state index contributed by atoms with van der Waals surface area (Å²) in [5.74, 6) is 0.111. The largest absolute Gasteiger partial charge is 0.492 e. The number of carbonyl (C=O) groups is 1. The number of hydrogen-bond acceptors (Lipinski definition) is 6. The lowest BCUT2D eigenvalue weighted by molar-refractivity contribution is -0.384. The molecular formula is C17H18N2O5. The molecular weight excluding hydrogens is 312 g/mol. The van der Waals surface area contributed by atoms with Crippen LogP contribution in [0.1, 0.15) is 15.9 Å². The summed E-state index contributed by atoms with van der Waals surface area (Å²) in [7, 11) is 1.23. The number of anilines is 1. The number of rotatable bonds is 7. The fourth-order valence-corrected chi connectivity index (χ4v) is 2.07. The van der Waals surface area contributed by atoms with Crippen LogP contribution in [-0.4, -0.2) is 31.2 Å². The van der Waals surface area contributed by atoms with Crippen LogP contribution in [0.25, 0.3) is 0 Å². The van der Waals surface area contributed by atoms with Crippen LogP contribution in [0.5, 0.6) is 5.75 Å². The van der Waals surface area contributed by atoms with Gasteiger partial charge in [0.1, 0.15) is 12.4 Å². The van der Waals surface area contributed by atoms with Gasteiger partial charge in [-0.05, 0) is 25.1 Å². The molecule has 0 fully saturated rings. The Hall–Kier alpha value is -3.09. The summed E-state index contributed by atoms with van der Waals surface area (Å²) in [6.07, 6.45) is 0. The van der Waals surface area contributed by atoms with Crippen molar-refractivity contribution >= 4 is 17.3 Å². The molecule has 2 rings (SSSR count). The Morgan fingerprint density at radius 3 is 2.54 bits per heavy atom. The minimum atomic E-state index is -0.638. The van der Waals surface area contributed by atoms with E-state index >= 15 is 0 Å². The predicted octanol–water partition coefficient (Wildman–Crippen LogP) is 3.18. The third kappa shape index (κ3) is 4.45. The van der Waals surface area contributed by atoms with E-state index in [0.29, 0.717) is 18.8 Å². The van der Waals surface area contributed by atoms with Crippen LogP contribution < -0.4 is 10.1 Å². The Balaban J connectivity index is 1.99. The van der Waals surface area contributed by atoms with Crippen LogP contribution in [0.2, 0.25) is 0 Å². The third-order valence-electron chi connectivity index (χ3n) is 3.33. The molecule has 0 spiro atoms. The predicted molar refractivity (Wildman–Crippen MR) is 89.6 cm³/mol. The summed E-state index contributed by atoms with van der Waals surface area (Å²) in [4.78, 5) is 22.0. The first kappa shape index (κ1) is 17.3. The van der Waals surface area contributed by atoms with Crippen molar-refractivity contribution in [1.82, 2.24) is 0 Å². The van der Waals surface area contributed by atoms with E-state index in [4.69, 9.17) is 4.74 Å². The average molecular weight is 330 g/mol. The second-order valence-electron chi connectivity index (χ2n) is 5.07. The van der Waals surface area contributed by atoms with E-state index in [1.807, 2.05) is 31.2 Å². The maximum Gasteiger partial charge on any atom is 0.340 e. The van der Waals surface area contributed by atoms with Gasteiger partial charge >= 0.3 is 5.97 Å². The molecule has 126 valence electrons. The molecule has 1 N–H and O–H groups in total. The molecule has 0 aliphatic rings. The number of benzene rings is 2. The molecule has 2 aromatic rings. The summed E-state index contributed by atoms with van der Waals surface area (Å²) in [5, 5.41) is 13.9. The number of aryl methyl sites for hydroxylation is 1. The summed E-state index contributed by atoms with van der Waals surface area (Å²) in [6, 6.07) is 11.7. The highest BCUT2D eigenvalue weighted by Gasteiger charge is 2.17. The standard InChI is InChI=1S/C17H18N2O5/c1-12-3-6-14(7-4-12)24-10-9-18-16-8-5-13(19(21)22)11-15(16)17(20)23-2/h3-8,11,18H,9-10H2,1-2H3. The van der Waals surface area contributed by atoms with Crippen LogP contribution >= 0.6 is 0 Å². The molecule has 0 bridgehead atoms. The third-order valence-corrected chi connectivity index (χ3v) is 3.33. The summed E-state index contributed by atoms with van der Waals surface area (Å²) < 4.78 is 10.3. The Bertz CT molecular complexity index is 728. The maximum atomic E-state index is 11.8. The zero-order valence-electron chi connectivity index (χ0n) is 13.4. The smallest absolute Gasteiger partial charge is 0.340 e. The van der Waals surface area contributed by atoms with E-state index in [0.717, 1.165) is 11.3 Å². The fourth-order valence-electron chi connectivity index (χ4n) is 2.07. The van der Waals surface area contributed by atoms with Crippen molar-refractivity contribution in [2.75, 3.05) is 25.6 Å². The molecule has 0 radical (unpaired) electrons. The zero-order chi connectivity index (χ0) is 17.5. The van der Waals surface area contributed by atoms with E-state index < -0.39 is 10.9 Å². The lowest BCUT2D eigenvalue weighted by Gasteiger charge is -2.11. The summed E-state index contributed by atoms with van der Waals surface area (Å²) >= 11 is 0. The van der Waals surface area contributed by atoms with Crippen LogP contribution in [0.15, 0.2) is 42.5 Å². The number of esters is 1. The highest BCUT2D eigenvalue weighted by atomic mass is 16.6. The van der Waals surface area contributed by atoms with E-state index in [1.54, 1.807) is 0 Å². The minimum Gasteiger partial charge on any atom is -0.492 e. The second-order valence-corrected chi connectivity index (χ2v) is 5.07. The summed E-state index contributed by atoms with van der Waals surface area (Å²) in [5.41, 5.74) is 1.55. The van der Waals surface area contributed by atoms with Gasteiger partial charge in [0, 0.05) is 24.4 Å².